The van der Waals surface area contributed by atoms with E-state index in [0.717, 1.165) is 113 Å². The molecule has 0 saturated carbocycles. The number of pyridine rings is 2. The standard InChI is InChI=1S/C23H28ClN5OS.C13H19ClN2O2S.C10H11N3.Li/c1-14-19(24)20(27-12-15-6-9-29(2)10-7-15)21(31-14)23(30)28-13-16-3-4-18-17(11-16)5-8-26-22(18)25;1-8-10(14)11(12(19-8)13(17)18)15-7-9-3-5-16(2)6-4-9;11-6-7-1-2-9-8(5-7)3-4-13-10(9)12;/h3-5,8,11,15,27H,6-7,9-10,12-13H2,1-2H3,(H2,25,26)(H,28,30);9,15H,3-7H2,1-2H3,(H,17,18);1-5H,6,11H2,(H2,12,13);/q;;;+1/p-1. The minimum atomic E-state index is -1.16. The molecule has 0 bridgehead atoms. The number of carboxylic acids is 1. The fourth-order valence-electron chi connectivity index (χ4n) is 7.69. The third-order valence-electron chi connectivity index (χ3n) is 11.6. The minimum Gasteiger partial charge on any atom is -0.544 e. The predicted molar refractivity (Wildman–Crippen MR) is 261 cm³/mol. The van der Waals surface area contributed by atoms with Gasteiger partial charge in [-0.05, 0) is 138 Å². The molecule has 2 aliphatic rings. The minimum absolute atomic E-state index is 0. The number of nitrogens with zero attached hydrogens (tertiary/aromatic N) is 4. The molecule has 18 heteroatoms. The summed E-state index contributed by atoms with van der Waals surface area (Å²) in [6.45, 7) is 10.8. The van der Waals surface area contributed by atoms with Crippen molar-refractivity contribution in [2.45, 2.75) is 52.6 Å². The molecule has 336 valence electrons. The summed E-state index contributed by atoms with van der Waals surface area (Å²) in [4.78, 5) is 39.5. The van der Waals surface area contributed by atoms with Crippen molar-refractivity contribution in [2.24, 2.45) is 17.6 Å². The molecule has 1 amide bonds. The molecule has 2 saturated heterocycles. The molecule has 0 atom stereocenters. The number of hydrogen-bond acceptors (Lipinski definition) is 14. The Morgan fingerprint density at radius 2 is 1.17 bits per heavy atom. The van der Waals surface area contributed by atoms with Gasteiger partial charge in [-0.25, -0.2) is 9.97 Å². The fraction of sp³-hybridized carbons (Fsp3) is 0.391. The van der Waals surface area contributed by atoms with Gasteiger partial charge in [0.05, 0.1) is 32.3 Å². The number of thiophene rings is 2. The zero-order chi connectivity index (χ0) is 45.2. The van der Waals surface area contributed by atoms with E-state index in [0.29, 0.717) is 57.2 Å². The van der Waals surface area contributed by atoms with Gasteiger partial charge in [0.1, 0.15) is 16.5 Å². The number of likely N-dealkylation sites (tertiary alicyclic amines) is 2. The van der Waals surface area contributed by atoms with Crippen LogP contribution in [0.5, 0.6) is 0 Å². The van der Waals surface area contributed by atoms with Crippen LogP contribution >= 0.6 is 45.9 Å². The summed E-state index contributed by atoms with van der Waals surface area (Å²) in [7, 11) is 4.28. The average molecular weight is 940 g/mol. The van der Waals surface area contributed by atoms with Gasteiger partial charge in [-0.15, -0.1) is 22.7 Å². The van der Waals surface area contributed by atoms with Crippen molar-refractivity contribution in [2.75, 3.05) is 75.5 Å². The van der Waals surface area contributed by atoms with Crippen molar-refractivity contribution in [1.29, 1.82) is 0 Å². The quantitative estimate of drug-likeness (QED) is 0.0986. The van der Waals surface area contributed by atoms with Gasteiger partial charge in [-0.2, -0.15) is 0 Å². The smallest absolute Gasteiger partial charge is 0.544 e. The van der Waals surface area contributed by atoms with Crippen molar-refractivity contribution in [1.82, 2.24) is 25.1 Å². The molecule has 0 unspecified atom stereocenters. The van der Waals surface area contributed by atoms with Crippen molar-refractivity contribution in [3.8, 4) is 0 Å². The van der Waals surface area contributed by atoms with Gasteiger partial charge < -0.3 is 52.9 Å². The predicted octanol–water partition coefficient (Wildman–Crippen LogP) is 4.63. The normalized spacial score (nSPS) is 14.8. The Bertz CT molecular complexity index is 2520. The summed E-state index contributed by atoms with van der Waals surface area (Å²) in [5.41, 5.74) is 20.6. The molecular formula is C46H57Cl2LiN10O3S2. The van der Waals surface area contributed by atoms with Gasteiger partial charge in [-0.3, -0.25) is 4.79 Å². The van der Waals surface area contributed by atoms with Crippen molar-refractivity contribution < 1.29 is 33.6 Å². The number of amides is 1. The number of aryl methyl sites for hydroxylation is 2. The maximum atomic E-state index is 13.0. The summed E-state index contributed by atoms with van der Waals surface area (Å²) in [6, 6.07) is 15.8. The Hall–Kier alpha value is -4.14. The van der Waals surface area contributed by atoms with E-state index in [4.69, 9.17) is 40.4 Å². The Morgan fingerprint density at radius 3 is 1.64 bits per heavy atom. The van der Waals surface area contributed by atoms with Gasteiger partial charge in [0.25, 0.3) is 5.91 Å². The first-order valence-corrected chi connectivity index (χ1v) is 23.5. The van der Waals surface area contributed by atoms with Crippen LogP contribution < -0.4 is 57.1 Å². The fourth-order valence-corrected chi connectivity index (χ4v) is 10.2. The molecule has 2 fully saturated rings. The number of aromatic carboxylic acids is 1. The molecule has 6 heterocycles. The van der Waals surface area contributed by atoms with E-state index < -0.39 is 5.97 Å². The van der Waals surface area contributed by atoms with Gasteiger partial charge in [-0.1, -0.05) is 47.5 Å². The zero-order valence-electron chi connectivity index (χ0n) is 37.2. The summed E-state index contributed by atoms with van der Waals surface area (Å²) in [6.07, 6.45) is 7.98. The van der Waals surface area contributed by atoms with Gasteiger partial charge in [0, 0.05) is 59.1 Å². The molecule has 0 aliphatic carbocycles. The van der Waals surface area contributed by atoms with Crippen LogP contribution in [0, 0.1) is 25.7 Å². The number of nitrogen functional groups attached to an aromatic ring is 2. The first kappa shape index (κ1) is 50.9. The molecular weight excluding hydrogens is 883 g/mol. The second-order valence-electron chi connectivity index (χ2n) is 16.3. The third-order valence-corrected chi connectivity index (χ3v) is 15.0. The number of halogens is 2. The van der Waals surface area contributed by atoms with Crippen LogP contribution in [0.15, 0.2) is 60.9 Å². The number of piperidine rings is 2. The zero-order valence-corrected chi connectivity index (χ0v) is 40.4. The van der Waals surface area contributed by atoms with Crippen molar-refractivity contribution >= 4 is 102 Å². The number of nitrogens with one attached hydrogen (secondary N) is 3. The monoisotopic (exact) mass is 938 g/mol. The van der Waals surface area contributed by atoms with E-state index in [-0.39, 0.29) is 29.6 Å². The largest absolute Gasteiger partial charge is 1.00 e. The average Bonchev–Trinajstić information content (AvgIpc) is 3.74. The van der Waals surface area contributed by atoms with Crippen LogP contribution in [0.4, 0.5) is 23.0 Å². The summed E-state index contributed by atoms with van der Waals surface area (Å²) in [5, 5.41) is 26.0. The van der Waals surface area contributed by atoms with E-state index in [9.17, 15) is 14.7 Å². The first-order valence-electron chi connectivity index (χ1n) is 21.1. The second-order valence-corrected chi connectivity index (χ2v) is 19.5. The Morgan fingerprint density at radius 1 is 0.734 bits per heavy atom. The molecule has 4 aromatic heterocycles. The summed E-state index contributed by atoms with van der Waals surface area (Å²) < 4.78 is 0. The summed E-state index contributed by atoms with van der Waals surface area (Å²) in [5.74, 6) is 0.981. The number of hydrogen-bond donors (Lipinski definition) is 6. The number of fused-ring (bicyclic) bond motifs is 2. The summed E-state index contributed by atoms with van der Waals surface area (Å²) >= 11 is 15.3. The molecule has 2 aliphatic heterocycles. The molecule has 9 N–H and O–H groups in total. The molecule has 6 aromatic rings. The van der Waals surface area contributed by atoms with Crippen LogP contribution in [-0.2, 0) is 13.1 Å². The van der Waals surface area contributed by atoms with Gasteiger partial charge >= 0.3 is 18.9 Å². The molecule has 64 heavy (non-hydrogen) atoms. The number of rotatable bonds is 11. The van der Waals surface area contributed by atoms with Crippen LogP contribution in [0.2, 0.25) is 10.0 Å². The van der Waals surface area contributed by atoms with E-state index in [1.165, 1.54) is 22.7 Å². The molecule has 13 nitrogen and oxygen atoms in total. The van der Waals surface area contributed by atoms with Crippen molar-refractivity contribution in [3.63, 3.8) is 0 Å². The van der Waals surface area contributed by atoms with Gasteiger partial charge in [0.15, 0.2) is 0 Å². The van der Waals surface area contributed by atoms with E-state index in [1.54, 1.807) is 12.4 Å². The number of anilines is 4. The van der Waals surface area contributed by atoms with Crippen LogP contribution in [0.3, 0.4) is 0 Å². The topological polar surface area (TPSA) is 204 Å². The van der Waals surface area contributed by atoms with Crippen LogP contribution in [0.1, 0.15) is 65.9 Å². The third kappa shape index (κ3) is 13.2. The Kier molecular flexibility index (Phi) is 19.0. The number of aromatic nitrogens is 2. The van der Waals surface area contributed by atoms with E-state index in [2.05, 4.69) is 49.8 Å². The number of carbonyl (C=O) groups excluding carboxylic acids is 2. The number of nitrogens with two attached hydrogens (primary N) is 3. The number of carboxylic acid groups (broad SMARTS) is 1. The van der Waals surface area contributed by atoms with Gasteiger partial charge in [0.2, 0.25) is 0 Å². The molecule has 2 aromatic carbocycles. The van der Waals surface area contributed by atoms with Crippen LogP contribution in [0.25, 0.3) is 21.5 Å². The first-order chi connectivity index (χ1) is 30.2. The Labute approximate surface area is 405 Å². The van der Waals surface area contributed by atoms with Crippen molar-refractivity contribution in [3.05, 3.63) is 102 Å². The second kappa shape index (κ2) is 23.9. The SMILES string of the molecule is Cc1sc(C(=O)NCc2ccc3c(N)nccc3c2)c(NCC2CCN(C)CC2)c1Cl.Cc1sc(C(=O)[O-])c(NCC2CCN(C)CC2)c1Cl.NCc1ccc2c(N)nccc2c1.[Li+]. The Balaban J connectivity index is 0.000000198. The maximum Gasteiger partial charge on any atom is 1.00 e. The molecule has 0 spiro atoms. The van der Waals surface area contributed by atoms with Crippen LogP contribution in [-0.4, -0.2) is 85.0 Å². The van der Waals surface area contributed by atoms with E-state index in [1.807, 2.05) is 62.4 Å². The van der Waals surface area contributed by atoms with E-state index >= 15 is 0 Å². The molecule has 8 rings (SSSR count). The molecule has 0 radical (unpaired) electrons. The number of benzene rings is 2. The maximum absolute atomic E-state index is 13.0. The number of carbonyl (C=O) groups is 2.